The predicted molar refractivity (Wildman–Crippen MR) is 113 cm³/mol. The molecule has 0 aliphatic carbocycles. The first-order chi connectivity index (χ1) is 15.8. The molecule has 1 aromatic carbocycles. The van der Waals surface area contributed by atoms with Crippen LogP contribution in [0.4, 0.5) is 18.0 Å². The van der Waals surface area contributed by atoms with Crippen molar-refractivity contribution in [2.75, 3.05) is 20.3 Å². The molecule has 2 aromatic rings. The first-order valence-corrected chi connectivity index (χ1v) is 10.5. The van der Waals surface area contributed by atoms with Crippen LogP contribution in [0.15, 0.2) is 34.9 Å². The number of rotatable bonds is 6. The summed E-state index contributed by atoms with van der Waals surface area (Å²) < 4.78 is 57.4. The third-order valence-electron chi connectivity index (χ3n) is 4.79. The average Bonchev–Trinajstić information content (AvgIpc) is 3.33. The van der Waals surface area contributed by atoms with Crippen LogP contribution in [-0.2, 0) is 9.47 Å². The van der Waals surface area contributed by atoms with E-state index in [-0.39, 0.29) is 36.4 Å². The molecule has 2 atom stereocenters. The third-order valence-corrected chi connectivity index (χ3v) is 4.79. The molecule has 2 amide bonds. The van der Waals surface area contributed by atoms with Crippen LogP contribution >= 0.6 is 0 Å². The van der Waals surface area contributed by atoms with Crippen molar-refractivity contribution < 1.29 is 41.4 Å². The van der Waals surface area contributed by atoms with E-state index in [1.54, 1.807) is 20.8 Å². The molecule has 186 valence electrons. The maximum Gasteiger partial charge on any atom is 0.573 e. The van der Waals surface area contributed by atoms with E-state index in [9.17, 15) is 22.8 Å². The van der Waals surface area contributed by atoms with Crippen LogP contribution in [-0.4, -0.2) is 66.2 Å². The van der Waals surface area contributed by atoms with Gasteiger partial charge in [0.2, 0.25) is 0 Å². The Morgan fingerprint density at radius 3 is 2.65 bits per heavy atom. The number of nitrogens with zero attached hydrogens (tertiary/aromatic N) is 2. The fraction of sp³-hybridized carbons (Fsp3) is 0.500. The highest BCUT2D eigenvalue weighted by Gasteiger charge is 2.38. The molecule has 1 aliphatic heterocycles. The van der Waals surface area contributed by atoms with E-state index in [2.05, 4.69) is 15.0 Å². The lowest BCUT2D eigenvalue weighted by atomic mass is 10.2. The number of benzene rings is 1. The van der Waals surface area contributed by atoms with Crippen molar-refractivity contribution in [2.45, 2.75) is 51.2 Å². The number of likely N-dealkylation sites (tertiary alicyclic amines) is 1. The van der Waals surface area contributed by atoms with E-state index >= 15 is 0 Å². The topological polar surface area (TPSA) is 103 Å². The lowest BCUT2D eigenvalue weighted by Gasteiger charge is -2.28. The van der Waals surface area contributed by atoms with Crippen molar-refractivity contribution >= 4 is 12.0 Å². The molecule has 1 aromatic heterocycles. The minimum atomic E-state index is -4.83. The summed E-state index contributed by atoms with van der Waals surface area (Å²) in [6.45, 7) is 5.76. The molecule has 0 radical (unpaired) electrons. The van der Waals surface area contributed by atoms with Gasteiger partial charge in [0.15, 0.2) is 5.76 Å². The Morgan fingerprint density at radius 2 is 2.00 bits per heavy atom. The zero-order valence-corrected chi connectivity index (χ0v) is 19.1. The summed E-state index contributed by atoms with van der Waals surface area (Å²) in [4.78, 5) is 30.6. The number of halogens is 3. The molecule has 12 heteroatoms. The number of oxazole rings is 1. The fourth-order valence-corrected chi connectivity index (χ4v) is 3.52. The highest BCUT2D eigenvalue weighted by Crippen LogP contribution is 2.28. The molecular weight excluding hydrogens is 459 g/mol. The second kappa shape index (κ2) is 9.92. The summed E-state index contributed by atoms with van der Waals surface area (Å²) in [6.07, 6.45) is -3.67. The normalized spacial score (nSPS) is 18.6. The standard InChI is InChI=1S/C22H26F3N3O6/c1-21(2,3)34-20(30)28-11-14(9-15(28)12-31-4)27-18(29)19-26-10-17(32-19)13-6-5-7-16(8-13)33-22(23,24)25/h5-8,10,14-15H,9,11-12H2,1-4H3,(H,27,29)/t14-,15-/m1/s1. The summed E-state index contributed by atoms with van der Waals surface area (Å²) in [5.41, 5.74) is -0.419. The zero-order chi connectivity index (χ0) is 25.1. The molecule has 1 saturated heterocycles. The summed E-state index contributed by atoms with van der Waals surface area (Å²) >= 11 is 0. The van der Waals surface area contributed by atoms with Crippen LogP contribution in [0.1, 0.15) is 37.9 Å². The smallest absolute Gasteiger partial charge is 0.444 e. The molecule has 0 bridgehead atoms. The number of carbonyl (C=O) groups is 2. The lowest BCUT2D eigenvalue weighted by molar-refractivity contribution is -0.274. The number of amides is 2. The van der Waals surface area contributed by atoms with Crippen molar-refractivity contribution in [1.29, 1.82) is 0 Å². The monoisotopic (exact) mass is 485 g/mol. The quantitative estimate of drug-likeness (QED) is 0.660. The van der Waals surface area contributed by atoms with E-state index in [0.29, 0.717) is 6.42 Å². The molecular formula is C22H26F3N3O6. The molecule has 0 unspecified atom stereocenters. The van der Waals surface area contributed by atoms with Crippen molar-refractivity contribution in [2.24, 2.45) is 0 Å². The molecule has 0 saturated carbocycles. The molecule has 3 rings (SSSR count). The molecule has 1 N–H and O–H groups in total. The third kappa shape index (κ3) is 6.86. The lowest BCUT2D eigenvalue weighted by Crippen LogP contribution is -2.43. The number of methoxy groups -OCH3 is 1. The van der Waals surface area contributed by atoms with Gasteiger partial charge in [-0.2, -0.15) is 0 Å². The van der Waals surface area contributed by atoms with Gasteiger partial charge in [-0.05, 0) is 39.3 Å². The second-order valence-electron chi connectivity index (χ2n) is 8.75. The summed E-state index contributed by atoms with van der Waals surface area (Å²) in [5, 5.41) is 2.76. The number of alkyl halides is 3. The van der Waals surface area contributed by atoms with Crippen LogP contribution in [0.2, 0.25) is 0 Å². The first kappa shape index (κ1) is 25.3. The number of carbonyl (C=O) groups excluding carboxylic acids is 2. The van der Waals surface area contributed by atoms with Gasteiger partial charge in [-0.15, -0.1) is 13.2 Å². The predicted octanol–water partition coefficient (Wildman–Crippen LogP) is 3.99. The Hall–Kier alpha value is -3.28. The highest BCUT2D eigenvalue weighted by atomic mass is 19.4. The molecule has 0 spiro atoms. The van der Waals surface area contributed by atoms with Crippen LogP contribution in [0.25, 0.3) is 11.3 Å². The van der Waals surface area contributed by atoms with Gasteiger partial charge in [-0.3, -0.25) is 4.79 Å². The summed E-state index contributed by atoms with van der Waals surface area (Å²) in [5.74, 6) is -1.22. The van der Waals surface area contributed by atoms with Crippen molar-refractivity contribution in [1.82, 2.24) is 15.2 Å². The summed E-state index contributed by atoms with van der Waals surface area (Å²) in [6, 6.07) is 4.43. The van der Waals surface area contributed by atoms with Crippen molar-refractivity contribution in [3.63, 3.8) is 0 Å². The van der Waals surface area contributed by atoms with Gasteiger partial charge in [0.25, 0.3) is 5.89 Å². The minimum Gasteiger partial charge on any atom is -0.444 e. The van der Waals surface area contributed by atoms with Gasteiger partial charge < -0.3 is 28.8 Å². The number of hydrogen-bond acceptors (Lipinski definition) is 7. The molecule has 34 heavy (non-hydrogen) atoms. The zero-order valence-electron chi connectivity index (χ0n) is 19.1. The average molecular weight is 485 g/mol. The second-order valence-corrected chi connectivity index (χ2v) is 8.75. The molecule has 1 fully saturated rings. The van der Waals surface area contributed by atoms with E-state index in [1.807, 2.05) is 0 Å². The van der Waals surface area contributed by atoms with Crippen LogP contribution < -0.4 is 10.1 Å². The minimum absolute atomic E-state index is 0.0943. The number of aromatic nitrogens is 1. The molecule has 9 nitrogen and oxygen atoms in total. The maximum absolute atomic E-state index is 12.7. The van der Waals surface area contributed by atoms with Gasteiger partial charge in [0.1, 0.15) is 11.4 Å². The Balaban J connectivity index is 1.66. The van der Waals surface area contributed by atoms with Gasteiger partial charge in [-0.1, -0.05) is 12.1 Å². The van der Waals surface area contributed by atoms with Gasteiger partial charge in [0.05, 0.1) is 18.8 Å². The Morgan fingerprint density at radius 1 is 1.26 bits per heavy atom. The maximum atomic E-state index is 12.7. The first-order valence-electron chi connectivity index (χ1n) is 10.5. The Bertz CT molecular complexity index is 1020. The van der Waals surface area contributed by atoms with Gasteiger partial charge in [-0.25, -0.2) is 9.78 Å². The number of nitrogens with one attached hydrogen (secondary N) is 1. The van der Waals surface area contributed by atoms with Crippen LogP contribution in [0.5, 0.6) is 5.75 Å². The van der Waals surface area contributed by atoms with Crippen LogP contribution in [0.3, 0.4) is 0 Å². The van der Waals surface area contributed by atoms with E-state index in [0.717, 1.165) is 12.1 Å². The SMILES string of the molecule is COC[C@H]1C[C@@H](NC(=O)c2ncc(-c3cccc(OC(F)(F)F)c3)o2)CN1C(=O)OC(C)(C)C. The highest BCUT2D eigenvalue weighted by molar-refractivity contribution is 5.90. The fourth-order valence-electron chi connectivity index (χ4n) is 3.52. The Labute approximate surface area is 194 Å². The van der Waals surface area contributed by atoms with Crippen LogP contribution in [0, 0.1) is 0 Å². The largest absolute Gasteiger partial charge is 0.573 e. The van der Waals surface area contributed by atoms with Crippen molar-refractivity contribution in [3.8, 4) is 17.1 Å². The summed E-state index contributed by atoms with van der Waals surface area (Å²) in [7, 11) is 1.52. The van der Waals surface area contributed by atoms with Crippen molar-refractivity contribution in [3.05, 3.63) is 36.4 Å². The number of hydrogen-bond donors (Lipinski definition) is 1. The molecule has 1 aliphatic rings. The van der Waals surface area contributed by atoms with E-state index in [1.165, 1.54) is 30.3 Å². The van der Waals surface area contributed by atoms with E-state index in [4.69, 9.17) is 13.9 Å². The van der Waals surface area contributed by atoms with E-state index < -0.39 is 35.8 Å². The Kier molecular flexibility index (Phi) is 7.39. The van der Waals surface area contributed by atoms with Gasteiger partial charge >= 0.3 is 18.4 Å². The van der Waals surface area contributed by atoms with Gasteiger partial charge in [0, 0.05) is 25.3 Å². The number of ether oxygens (including phenoxy) is 3. The molecule has 2 heterocycles.